The number of nitrogens with one attached hydrogen (secondary N) is 2. The third kappa shape index (κ3) is 5.07. The Morgan fingerprint density at radius 3 is 2.80 bits per heavy atom. The zero-order chi connectivity index (χ0) is 15.0. The van der Waals surface area contributed by atoms with Crippen LogP contribution in [0, 0.1) is 0 Å². The van der Waals surface area contributed by atoms with E-state index >= 15 is 0 Å². The molecule has 0 radical (unpaired) electrons. The average Bonchev–Trinajstić information content (AvgIpc) is 2.40. The van der Waals surface area contributed by atoms with E-state index in [9.17, 15) is 14.4 Å². The number of carbonyl (C=O) groups is 3. The van der Waals surface area contributed by atoms with Gasteiger partial charge in [0.15, 0.2) is 0 Å². The SMILES string of the molecule is CCCCCCNC(=O)N1CCNC(=O)C1CC(=O)O. The van der Waals surface area contributed by atoms with Gasteiger partial charge in [0.2, 0.25) is 5.91 Å². The first-order chi connectivity index (χ1) is 9.56. The molecule has 7 heteroatoms. The first kappa shape index (κ1) is 16.3. The standard InChI is InChI=1S/C13H23N3O4/c1-2-3-4-5-6-15-13(20)16-8-7-14-12(19)10(16)9-11(17)18/h10H,2-9H2,1H3,(H,14,19)(H,15,20)(H,17,18). The predicted molar refractivity (Wildman–Crippen MR) is 73.3 cm³/mol. The smallest absolute Gasteiger partial charge is 0.318 e. The van der Waals surface area contributed by atoms with Gasteiger partial charge in [-0.15, -0.1) is 0 Å². The third-order valence-corrected chi connectivity index (χ3v) is 3.27. The van der Waals surface area contributed by atoms with E-state index in [1.807, 2.05) is 0 Å². The van der Waals surface area contributed by atoms with Crippen LogP contribution in [0.25, 0.3) is 0 Å². The van der Waals surface area contributed by atoms with E-state index < -0.39 is 17.9 Å². The van der Waals surface area contributed by atoms with Crippen molar-refractivity contribution in [2.24, 2.45) is 0 Å². The second kappa shape index (κ2) is 8.39. The van der Waals surface area contributed by atoms with Gasteiger partial charge in [-0.25, -0.2) is 4.79 Å². The van der Waals surface area contributed by atoms with Gasteiger partial charge in [0.1, 0.15) is 6.04 Å². The molecule has 1 atom stereocenters. The van der Waals surface area contributed by atoms with Crippen molar-refractivity contribution >= 4 is 17.9 Å². The van der Waals surface area contributed by atoms with Crippen molar-refractivity contribution in [2.75, 3.05) is 19.6 Å². The molecule has 1 fully saturated rings. The number of carbonyl (C=O) groups excluding carboxylic acids is 2. The third-order valence-electron chi connectivity index (χ3n) is 3.27. The van der Waals surface area contributed by atoms with Crippen LogP contribution in [0.2, 0.25) is 0 Å². The molecule has 1 unspecified atom stereocenters. The second-order valence-corrected chi connectivity index (χ2v) is 4.89. The van der Waals surface area contributed by atoms with E-state index in [0.29, 0.717) is 19.6 Å². The van der Waals surface area contributed by atoms with Crippen LogP contribution in [0.1, 0.15) is 39.0 Å². The number of nitrogens with zero attached hydrogens (tertiary/aromatic N) is 1. The number of piperazine rings is 1. The lowest BCUT2D eigenvalue weighted by molar-refractivity contribution is -0.142. The van der Waals surface area contributed by atoms with Gasteiger partial charge in [-0.1, -0.05) is 26.2 Å². The van der Waals surface area contributed by atoms with Gasteiger partial charge in [-0.2, -0.15) is 0 Å². The van der Waals surface area contributed by atoms with Crippen molar-refractivity contribution in [3.8, 4) is 0 Å². The van der Waals surface area contributed by atoms with Crippen molar-refractivity contribution in [3.63, 3.8) is 0 Å². The molecule has 0 aromatic heterocycles. The van der Waals surface area contributed by atoms with E-state index in [0.717, 1.165) is 25.7 Å². The molecule has 20 heavy (non-hydrogen) atoms. The number of carboxylic acids is 1. The van der Waals surface area contributed by atoms with Crippen LogP contribution < -0.4 is 10.6 Å². The zero-order valence-electron chi connectivity index (χ0n) is 11.9. The van der Waals surface area contributed by atoms with E-state index in [1.54, 1.807) is 0 Å². The van der Waals surface area contributed by atoms with Gasteiger partial charge in [0.05, 0.1) is 6.42 Å². The largest absolute Gasteiger partial charge is 0.481 e. The molecule has 0 bridgehead atoms. The van der Waals surface area contributed by atoms with Crippen LogP contribution >= 0.6 is 0 Å². The highest BCUT2D eigenvalue weighted by atomic mass is 16.4. The van der Waals surface area contributed by atoms with Gasteiger partial charge in [0, 0.05) is 19.6 Å². The van der Waals surface area contributed by atoms with Gasteiger partial charge in [-0.05, 0) is 6.42 Å². The summed E-state index contributed by atoms with van der Waals surface area (Å²) in [6, 6.07) is -1.28. The maximum atomic E-state index is 12.0. The van der Waals surface area contributed by atoms with Crippen LogP contribution in [0.3, 0.4) is 0 Å². The summed E-state index contributed by atoms with van der Waals surface area (Å²) in [6.07, 6.45) is 3.83. The Balaban J connectivity index is 2.46. The number of aliphatic carboxylic acids is 1. The summed E-state index contributed by atoms with van der Waals surface area (Å²) in [5.41, 5.74) is 0. The highest BCUT2D eigenvalue weighted by Crippen LogP contribution is 2.09. The minimum atomic E-state index is -1.09. The minimum Gasteiger partial charge on any atom is -0.481 e. The number of carboxylic acid groups (broad SMARTS) is 1. The number of rotatable bonds is 7. The fourth-order valence-corrected chi connectivity index (χ4v) is 2.17. The zero-order valence-corrected chi connectivity index (χ0v) is 11.9. The number of urea groups is 1. The molecule has 1 aliphatic heterocycles. The molecular weight excluding hydrogens is 262 g/mol. The van der Waals surface area contributed by atoms with Crippen LogP contribution in [-0.4, -0.2) is 53.6 Å². The van der Waals surface area contributed by atoms with Crippen LogP contribution in [0.5, 0.6) is 0 Å². The second-order valence-electron chi connectivity index (χ2n) is 4.89. The Hall–Kier alpha value is -1.79. The Labute approximate surface area is 118 Å². The number of amides is 3. The molecule has 3 amide bonds. The molecule has 0 aromatic rings. The summed E-state index contributed by atoms with van der Waals surface area (Å²) in [6.45, 7) is 3.36. The molecule has 0 saturated carbocycles. The van der Waals surface area contributed by atoms with Gasteiger partial charge >= 0.3 is 12.0 Å². The first-order valence-electron chi connectivity index (χ1n) is 7.10. The van der Waals surface area contributed by atoms with E-state index in [2.05, 4.69) is 17.6 Å². The van der Waals surface area contributed by atoms with Crippen LogP contribution in [0.15, 0.2) is 0 Å². The maximum absolute atomic E-state index is 12.0. The van der Waals surface area contributed by atoms with E-state index in [4.69, 9.17) is 5.11 Å². The highest BCUT2D eigenvalue weighted by Gasteiger charge is 2.34. The van der Waals surface area contributed by atoms with Gasteiger partial charge in [0.25, 0.3) is 0 Å². The molecule has 1 aliphatic rings. The van der Waals surface area contributed by atoms with Crippen molar-refractivity contribution in [2.45, 2.75) is 45.1 Å². The lowest BCUT2D eigenvalue weighted by atomic mass is 10.1. The normalized spacial score (nSPS) is 18.6. The Bertz CT molecular complexity index is 360. The van der Waals surface area contributed by atoms with E-state index in [-0.39, 0.29) is 12.5 Å². The fourth-order valence-electron chi connectivity index (χ4n) is 2.17. The van der Waals surface area contributed by atoms with Crippen LogP contribution in [-0.2, 0) is 9.59 Å². The number of hydrogen-bond donors (Lipinski definition) is 3. The molecule has 114 valence electrons. The van der Waals surface area contributed by atoms with Crippen molar-refractivity contribution in [1.82, 2.24) is 15.5 Å². The van der Waals surface area contributed by atoms with Gasteiger partial charge in [-0.3, -0.25) is 9.59 Å². The summed E-state index contributed by atoms with van der Waals surface area (Å²) in [5.74, 6) is -1.49. The molecular formula is C13H23N3O4. The Morgan fingerprint density at radius 2 is 2.15 bits per heavy atom. The molecule has 0 aromatic carbocycles. The molecule has 1 rings (SSSR count). The molecule has 7 nitrogen and oxygen atoms in total. The highest BCUT2D eigenvalue weighted by molar-refractivity contribution is 5.91. The van der Waals surface area contributed by atoms with Crippen molar-refractivity contribution < 1.29 is 19.5 Å². The molecule has 0 aliphatic carbocycles. The molecule has 3 N–H and O–H groups in total. The monoisotopic (exact) mass is 285 g/mol. The van der Waals surface area contributed by atoms with Gasteiger partial charge < -0.3 is 20.6 Å². The quantitative estimate of drug-likeness (QED) is 0.595. The summed E-state index contributed by atoms with van der Waals surface area (Å²) in [4.78, 5) is 35.8. The Kier molecular flexibility index (Phi) is 6.83. The fraction of sp³-hybridized carbons (Fsp3) is 0.769. The molecule has 1 heterocycles. The topological polar surface area (TPSA) is 98.7 Å². The summed E-state index contributed by atoms with van der Waals surface area (Å²) in [5, 5.41) is 14.1. The predicted octanol–water partition coefficient (Wildman–Crippen LogP) is 0.551. The van der Waals surface area contributed by atoms with E-state index in [1.165, 1.54) is 4.90 Å². The summed E-state index contributed by atoms with van der Waals surface area (Å²) < 4.78 is 0. The van der Waals surface area contributed by atoms with Crippen molar-refractivity contribution in [1.29, 1.82) is 0 Å². The number of unbranched alkanes of at least 4 members (excludes halogenated alkanes) is 3. The maximum Gasteiger partial charge on any atom is 0.318 e. The summed E-state index contributed by atoms with van der Waals surface area (Å²) >= 11 is 0. The molecule has 0 spiro atoms. The van der Waals surface area contributed by atoms with Crippen molar-refractivity contribution in [3.05, 3.63) is 0 Å². The summed E-state index contributed by atoms with van der Waals surface area (Å²) in [7, 11) is 0. The minimum absolute atomic E-state index is 0.338. The number of hydrogen-bond acceptors (Lipinski definition) is 3. The van der Waals surface area contributed by atoms with Crippen LogP contribution in [0.4, 0.5) is 4.79 Å². The molecule has 1 saturated heterocycles. The average molecular weight is 285 g/mol. The lowest BCUT2D eigenvalue weighted by Crippen LogP contribution is -2.60. The lowest BCUT2D eigenvalue weighted by Gasteiger charge is -2.34. The first-order valence-corrected chi connectivity index (χ1v) is 7.10. The Morgan fingerprint density at radius 1 is 1.40 bits per heavy atom.